The fourth-order valence-electron chi connectivity index (χ4n) is 2.78. The van der Waals surface area contributed by atoms with Crippen molar-refractivity contribution in [3.8, 4) is 11.1 Å². The van der Waals surface area contributed by atoms with Gasteiger partial charge in [-0.05, 0) is 52.6 Å². The lowest BCUT2D eigenvalue weighted by molar-refractivity contribution is -0.462. The minimum absolute atomic E-state index is 0.0590. The highest BCUT2D eigenvalue weighted by Crippen LogP contribution is 2.23. The van der Waals surface area contributed by atoms with Crippen molar-refractivity contribution >= 4 is 23.4 Å². The number of allylic oxidation sites excluding steroid dienone is 5. The molecule has 0 fully saturated rings. The molecule has 3 nitrogen and oxygen atoms in total. The van der Waals surface area contributed by atoms with Gasteiger partial charge in [-0.15, -0.1) is 0 Å². The molecule has 2 aromatic carbocycles. The Morgan fingerprint density at radius 2 is 1.38 bits per heavy atom. The Morgan fingerprint density at radius 3 is 1.88 bits per heavy atom. The largest absolute Gasteiger partial charge is 0.326 e. The number of anilines is 1. The fraction of sp³-hybridized carbons (Fsp3) is 0.130. The van der Waals surface area contributed by atoms with Crippen molar-refractivity contribution < 1.29 is 9.37 Å². The van der Waals surface area contributed by atoms with E-state index in [0.29, 0.717) is 0 Å². The van der Waals surface area contributed by atoms with Gasteiger partial charge in [0.15, 0.2) is 5.71 Å². The topological polar surface area (TPSA) is 32.1 Å². The summed E-state index contributed by atoms with van der Waals surface area (Å²) in [4.78, 5) is 11.1. The molecule has 3 heteroatoms. The average Bonchev–Trinajstić information content (AvgIpc) is 2.63. The summed E-state index contributed by atoms with van der Waals surface area (Å²) in [5, 5.41) is 2.78. The summed E-state index contributed by atoms with van der Waals surface area (Å²) in [5.74, 6) is -0.0590. The van der Waals surface area contributed by atoms with E-state index in [-0.39, 0.29) is 5.91 Å². The van der Waals surface area contributed by atoms with Gasteiger partial charge in [0.2, 0.25) is 5.91 Å². The molecular weight excluding hydrogens is 320 g/mol. The molecule has 1 aliphatic rings. The maximum absolute atomic E-state index is 11.1. The summed E-state index contributed by atoms with van der Waals surface area (Å²) in [6.45, 7) is 1.51. The fourth-order valence-corrected chi connectivity index (χ4v) is 2.78. The summed E-state index contributed by atoms with van der Waals surface area (Å²) in [7, 11) is 4.08. The van der Waals surface area contributed by atoms with Crippen molar-refractivity contribution in [3.63, 3.8) is 0 Å². The highest BCUT2D eigenvalue weighted by molar-refractivity contribution is 6.02. The molecule has 0 radical (unpaired) electrons. The summed E-state index contributed by atoms with van der Waals surface area (Å²) in [5.41, 5.74) is 6.64. The quantitative estimate of drug-likeness (QED) is 0.816. The molecule has 1 N–H and O–H groups in total. The zero-order chi connectivity index (χ0) is 18.5. The smallest absolute Gasteiger partial charge is 0.221 e. The normalized spacial score (nSPS) is 12.9. The van der Waals surface area contributed by atoms with E-state index in [9.17, 15) is 4.79 Å². The van der Waals surface area contributed by atoms with Crippen LogP contribution < -0.4 is 5.32 Å². The van der Waals surface area contributed by atoms with Gasteiger partial charge >= 0.3 is 0 Å². The molecule has 3 rings (SSSR count). The van der Waals surface area contributed by atoms with Gasteiger partial charge in [-0.25, -0.2) is 4.58 Å². The Morgan fingerprint density at radius 1 is 0.846 bits per heavy atom. The number of hydrogen-bond donors (Lipinski definition) is 1. The van der Waals surface area contributed by atoms with Crippen LogP contribution in [0.5, 0.6) is 0 Å². The first-order valence-electron chi connectivity index (χ1n) is 8.61. The van der Waals surface area contributed by atoms with Crippen LogP contribution in [0.25, 0.3) is 17.2 Å². The first kappa shape index (κ1) is 17.6. The third kappa shape index (κ3) is 4.45. The molecule has 0 saturated carbocycles. The van der Waals surface area contributed by atoms with Crippen LogP contribution in [0.4, 0.5) is 5.69 Å². The maximum atomic E-state index is 11.1. The molecule has 1 amide bonds. The summed E-state index contributed by atoms with van der Waals surface area (Å²) < 4.78 is 2.09. The third-order valence-electron chi connectivity index (χ3n) is 4.19. The second-order valence-electron chi connectivity index (χ2n) is 6.51. The van der Waals surface area contributed by atoms with Crippen molar-refractivity contribution in [2.24, 2.45) is 0 Å². The van der Waals surface area contributed by atoms with Crippen molar-refractivity contribution in [1.82, 2.24) is 0 Å². The number of amides is 1. The van der Waals surface area contributed by atoms with E-state index >= 15 is 0 Å². The number of nitrogens with one attached hydrogen (secondary N) is 1. The SMILES string of the molecule is CC(=O)Nc1ccc(-c2ccc(C=C3C=CC(=[N+](C)C)C=C3)cc2)cc1. The molecule has 26 heavy (non-hydrogen) atoms. The van der Waals surface area contributed by atoms with Crippen molar-refractivity contribution in [1.29, 1.82) is 0 Å². The van der Waals surface area contributed by atoms with Gasteiger partial charge in [0.1, 0.15) is 14.1 Å². The Kier molecular flexibility index (Phi) is 5.28. The highest BCUT2D eigenvalue weighted by Gasteiger charge is 2.04. The lowest BCUT2D eigenvalue weighted by atomic mass is 10.0. The van der Waals surface area contributed by atoms with Crippen LogP contribution in [0, 0.1) is 0 Å². The minimum atomic E-state index is -0.0590. The summed E-state index contributed by atoms with van der Waals surface area (Å²) in [6, 6.07) is 16.4. The molecule has 0 aliphatic heterocycles. The van der Waals surface area contributed by atoms with E-state index in [1.54, 1.807) is 0 Å². The molecule has 130 valence electrons. The Bertz CT molecular complexity index is 905. The van der Waals surface area contributed by atoms with Crippen LogP contribution in [-0.4, -0.2) is 30.3 Å². The predicted molar refractivity (Wildman–Crippen MR) is 110 cm³/mol. The molecule has 0 spiro atoms. The summed E-state index contributed by atoms with van der Waals surface area (Å²) >= 11 is 0. The van der Waals surface area contributed by atoms with Crippen molar-refractivity contribution in [3.05, 3.63) is 84.0 Å². The molecule has 0 aromatic heterocycles. The van der Waals surface area contributed by atoms with Gasteiger partial charge in [0.05, 0.1) is 0 Å². The predicted octanol–water partition coefficient (Wildman–Crippen LogP) is 4.53. The molecule has 0 heterocycles. The zero-order valence-corrected chi connectivity index (χ0v) is 15.4. The molecule has 0 atom stereocenters. The lowest BCUT2D eigenvalue weighted by Gasteiger charge is -2.06. The van der Waals surface area contributed by atoms with Gasteiger partial charge in [-0.1, -0.05) is 36.4 Å². The first-order valence-corrected chi connectivity index (χ1v) is 8.61. The number of rotatable bonds is 3. The first-order chi connectivity index (χ1) is 12.5. The maximum Gasteiger partial charge on any atom is 0.221 e. The van der Waals surface area contributed by atoms with Crippen molar-refractivity contribution in [2.45, 2.75) is 6.92 Å². The van der Waals surface area contributed by atoms with Crippen LogP contribution in [0.15, 0.2) is 78.4 Å². The Hall–Kier alpha value is -3.20. The lowest BCUT2D eigenvalue weighted by Crippen LogP contribution is -2.09. The van der Waals surface area contributed by atoms with E-state index in [0.717, 1.165) is 16.8 Å². The van der Waals surface area contributed by atoms with Gasteiger partial charge in [0.25, 0.3) is 0 Å². The van der Waals surface area contributed by atoms with E-state index in [1.165, 1.54) is 23.8 Å². The van der Waals surface area contributed by atoms with Gasteiger partial charge < -0.3 is 5.32 Å². The molecule has 0 unspecified atom stereocenters. The van der Waals surface area contributed by atoms with E-state index < -0.39 is 0 Å². The van der Waals surface area contributed by atoms with Gasteiger partial charge in [-0.2, -0.15) is 0 Å². The molecule has 0 saturated heterocycles. The molecule has 2 aromatic rings. The van der Waals surface area contributed by atoms with Crippen LogP contribution in [-0.2, 0) is 4.79 Å². The van der Waals surface area contributed by atoms with Crippen LogP contribution >= 0.6 is 0 Å². The zero-order valence-electron chi connectivity index (χ0n) is 15.4. The Labute approximate surface area is 154 Å². The van der Waals surface area contributed by atoms with Gasteiger partial charge in [-0.3, -0.25) is 4.79 Å². The number of nitrogens with zero attached hydrogens (tertiary/aromatic N) is 1. The highest BCUT2D eigenvalue weighted by atomic mass is 16.1. The summed E-state index contributed by atoms with van der Waals surface area (Å²) in [6.07, 6.45) is 10.7. The second kappa shape index (κ2) is 7.79. The van der Waals surface area contributed by atoms with E-state index in [2.05, 4.69) is 64.5 Å². The van der Waals surface area contributed by atoms with E-state index in [4.69, 9.17) is 0 Å². The number of carbonyl (C=O) groups is 1. The van der Waals surface area contributed by atoms with Crippen molar-refractivity contribution in [2.75, 3.05) is 19.4 Å². The number of benzene rings is 2. The molecule has 0 bridgehead atoms. The second-order valence-corrected chi connectivity index (χ2v) is 6.51. The molecule has 1 aliphatic carbocycles. The number of hydrogen-bond acceptors (Lipinski definition) is 1. The average molecular weight is 343 g/mol. The monoisotopic (exact) mass is 343 g/mol. The van der Waals surface area contributed by atoms with Crippen LogP contribution in [0.3, 0.4) is 0 Å². The minimum Gasteiger partial charge on any atom is -0.326 e. The van der Waals surface area contributed by atoms with Gasteiger partial charge in [0, 0.05) is 24.8 Å². The third-order valence-corrected chi connectivity index (χ3v) is 4.19. The van der Waals surface area contributed by atoms with Crippen LogP contribution in [0.2, 0.25) is 0 Å². The standard InChI is InChI=1S/C23H22N2O/c1-17(26)24-22-12-10-21(11-13-22)20-8-4-18(5-9-20)16-19-6-14-23(15-7-19)25(2)3/h4-16H,1-3H3/p+1. The molecular formula is C23H23N2O+. The van der Waals surface area contributed by atoms with Crippen LogP contribution in [0.1, 0.15) is 12.5 Å². The van der Waals surface area contributed by atoms with E-state index in [1.807, 2.05) is 38.4 Å². The number of carbonyl (C=O) groups excluding carboxylic acids is 1. The Balaban J connectivity index is 1.74.